The van der Waals surface area contributed by atoms with Crippen LogP contribution in [0.1, 0.15) is 11.6 Å². The van der Waals surface area contributed by atoms with Gasteiger partial charge in [0.1, 0.15) is 5.82 Å². The van der Waals surface area contributed by atoms with E-state index in [-0.39, 0.29) is 12.6 Å². The highest BCUT2D eigenvalue weighted by molar-refractivity contribution is 5.60. The normalized spacial score (nSPS) is 12.7. The fourth-order valence-electron chi connectivity index (χ4n) is 1.55. The zero-order chi connectivity index (χ0) is 10.7. The lowest BCUT2D eigenvalue weighted by Gasteiger charge is -2.12. The van der Waals surface area contributed by atoms with E-state index in [0.717, 1.165) is 17.0 Å². The van der Waals surface area contributed by atoms with E-state index in [2.05, 4.69) is 9.97 Å². The van der Waals surface area contributed by atoms with Gasteiger partial charge in [0.2, 0.25) is 0 Å². The second-order valence-electron chi connectivity index (χ2n) is 3.31. The third-order valence-electron chi connectivity index (χ3n) is 2.31. The number of nitrogens with zero attached hydrogens (tertiary/aromatic N) is 1. The Morgan fingerprint density at radius 3 is 2.87 bits per heavy atom. The van der Waals surface area contributed by atoms with Gasteiger partial charge in [-0.25, -0.2) is 4.98 Å². The van der Waals surface area contributed by atoms with Gasteiger partial charge in [-0.15, -0.1) is 0 Å². The number of rotatable bonds is 3. The number of aliphatic hydroxyl groups excluding tert-OH is 1. The number of aromatic nitrogens is 2. The largest absolute Gasteiger partial charge is 0.394 e. The Labute approximate surface area is 87.8 Å². The summed E-state index contributed by atoms with van der Waals surface area (Å²) < 4.78 is 0. The molecule has 0 spiro atoms. The number of hydrogen-bond acceptors (Lipinski definition) is 3. The predicted octanol–water partition coefficient (Wildman–Crippen LogP) is 1.07. The van der Waals surface area contributed by atoms with Crippen molar-refractivity contribution in [3.63, 3.8) is 0 Å². The highest BCUT2D eigenvalue weighted by Gasteiger charge is 2.11. The Hall–Kier alpha value is -1.65. The molecule has 0 saturated heterocycles. The van der Waals surface area contributed by atoms with Crippen LogP contribution in [0, 0.1) is 0 Å². The van der Waals surface area contributed by atoms with E-state index in [1.807, 2.05) is 24.3 Å². The Morgan fingerprint density at radius 1 is 1.40 bits per heavy atom. The molecule has 0 bridgehead atoms. The number of benzene rings is 1. The van der Waals surface area contributed by atoms with Crippen LogP contribution in [0.25, 0.3) is 11.4 Å². The minimum Gasteiger partial charge on any atom is -0.394 e. The van der Waals surface area contributed by atoms with Crippen molar-refractivity contribution in [1.29, 1.82) is 0 Å². The zero-order valence-corrected chi connectivity index (χ0v) is 8.22. The van der Waals surface area contributed by atoms with E-state index in [4.69, 9.17) is 10.8 Å². The van der Waals surface area contributed by atoms with Crippen LogP contribution in [-0.2, 0) is 0 Å². The van der Waals surface area contributed by atoms with Crippen molar-refractivity contribution in [2.24, 2.45) is 5.73 Å². The van der Waals surface area contributed by atoms with Gasteiger partial charge in [-0.2, -0.15) is 0 Å². The van der Waals surface area contributed by atoms with Crippen molar-refractivity contribution < 1.29 is 5.11 Å². The highest BCUT2D eigenvalue weighted by Crippen LogP contribution is 2.23. The third-order valence-corrected chi connectivity index (χ3v) is 2.31. The molecule has 4 heteroatoms. The molecule has 2 rings (SSSR count). The molecule has 0 aliphatic heterocycles. The summed E-state index contributed by atoms with van der Waals surface area (Å²) >= 11 is 0. The molecular weight excluding hydrogens is 190 g/mol. The summed E-state index contributed by atoms with van der Waals surface area (Å²) in [5, 5.41) is 9.05. The van der Waals surface area contributed by atoms with Crippen LogP contribution in [0.3, 0.4) is 0 Å². The highest BCUT2D eigenvalue weighted by atomic mass is 16.3. The van der Waals surface area contributed by atoms with Gasteiger partial charge in [-0.05, 0) is 5.56 Å². The van der Waals surface area contributed by atoms with E-state index in [1.165, 1.54) is 0 Å². The first-order valence-corrected chi connectivity index (χ1v) is 4.78. The van der Waals surface area contributed by atoms with Crippen molar-refractivity contribution in [2.75, 3.05) is 6.61 Å². The van der Waals surface area contributed by atoms with E-state index in [9.17, 15) is 0 Å². The molecule has 15 heavy (non-hydrogen) atoms. The van der Waals surface area contributed by atoms with Gasteiger partial charge in [-0.1, -0.05) is 24.3 Å². The Balaban J connectivity index is 2.47. The molecule has 1 aromatic carbocycles. The van der Waals surface area contributed by atoms with Gasteiger partial charge in [0.25, 0.3) is 0 Å². The molecule has 78 valence electrons. The van der Waals surface area contributed by atoms with Crippen LogP contribution in [0.2, 0.25) is 0 Å². The topological polar surface area (TPSA) is 74.9 Å². The molecule has 4 nitrogen and oxygen atoms in total. The van der Waals surface area contributed by atoms with Crippen molar-refractivity contribution >= 4 is 0 Å². The van der Waals surface area contributed by atoms with E-state index in [0.29, 0.717) is 0 Å². The summed E-state index contributed by atoms with van der Waals surface area (Å²) in [6, 6.07) is 7.29. The standard InChI is InChI=1S/C11H13N3O/c12-10(7-15)8-3-1-2-4-9(8)11-13-5-6-14-11/h1-6,10,15H,7,12H2,(H,13,14). The average molecular weight is 203 g/mol. The summed E-state index contributed by atoms with van der Waals surface area (Å²) in [7, 11) is 0. The van der Waals surface area contributed by atoms with Crippen LogP contribution >= 0.6 is 0 Å². The molecule has 0 saturated carbocycles. The van der Waals surface area contributed by atoms with Crippen LogP contribution < -0.4 is 5.73 Å². The quantitative estimate of drug-likeness (QED) is 0.698. The first kappa shape index (κ1) is 9.89. The first-order valence-electron chi connectivity index (χ1n) is 4.78. The summed E-state index contributed by atoms with van der Waals surface area (Å²) in [4.78, 5) is 7.20. The molecule has 1 heterocycles. The average Bonchev–Trinajstić information content (AvgIpc) is 2.81. The molecule has 0 fully saturated rings. The van der Waals surface area contributed by atoms with Gasteiger partial charge >= 0.3 is 0 Å². The fourth-order valence-corrected chi connectivity index (χ4v) is 1.55. The number of nitrogens with two attached hydrogens (primary N) is 1. The second kappa shape index (κ2) is 4.25. The van der Waals surface area contributed by atoms with Crippen molar-refractivity contribution in [3.05, 3.63) is 42.2 Å². The lowest BCUT2D eigenvalue weighted by molar-refractivity contribution is 0.268. The summed E-state index contributed by atoms with van der Waals surface area (Å²) in [5.74, 6) is 0.773. The molecule has 0 aliphatic rings. The van der Waals surface area contributed by atoms with Gasteiger partial charge in [-0.3, -0.25) is 0 Å². The molecule has 0 amide bonds. The number of imidazole rings is 1. The maximum Gasteiger partial charge on any atom is 0.137 e. The fraction of sp³-hybridized carbons (Fsp3) is 0.182. The molecule has 4 N–H and O–H groups in total. The Bertz CT molecular complexity index is 425. The Kier molecular flexibility index (Phi) is 2.80. The number of nitrogens with one attached hydrogen (secondary N) is 1. The van der Waals surface area contributed by atoms with Crippen LogP contribution in [-0.4, -0.2) is 21.7 Å². The molecule has 0 aliphatic carbocycles. The number of hydrogen-bond donors (Lipinski definition) is 3. The van der Waals surface area contributed by atoms with Crippen molar-refractivity contribution in [1.82, 2.24) is 9.97 Å². The summed E-state index contributed by atoms with van der Waals surface area (Å²) in [6.07, 6.45) is 3.45. The molecular formula is C11H13N3O. The third kappa shape index (κ3) is 1.91. The zero-order valence-electron chi connectivity index (χ0n) is 8.22. The van der Waals surface area contributed by atoms with Gasteiger partial charge in [0.15, 0.2) is 0 Å². The minimum absolute atomic E-state index is 0.0717. The summed E-state index contributed by atoms with van der Waals surface area (Å²) in [6.45, 7) is -0.0717. The molecule has 1 atom stereocenters. The minimum atomic E-state index is -0.369. The van der Waals surface area contributed by atoms with Crippen LogP contribution in [0.15, 0.2) is 36.7 Å². The maximum atomic E-state index is 9.05. The molecule has 1 aromatic heterocycles. The van der Waals surface area contributed by atoms with Gasteiger partial charge in [0.05, 0.1) is 12.6 Å². The van der Waals surface area contributed by atoms with E-state index < -0.39 is 0 Å². The maximum absolute atomic E-state index is 9.05. The summed E-state index contributed by atoms with van der Waals surface area (Å²) in [5.41, 5.74) is 7.64. The van der Waals surface area contributed by atoms with E-state index in [1.54, 1.807) is 12.4 Å². The molecule has 2 aromatic rings. The van der Waals surface area contributed by atoms with Crippen LogP contribution in [0.4, 0.5) is 0 Å². The molecule has 0 radical (unpaired) electrons. The van der Waals surface area contributed by atoms with Crippen LogP contribution in [0.5, 0.6) is 0 Å². The first-order chi connectivity index (χ1) is 7.33. The smallest absolute Gasteiger partial charge is 0.137 e. The lowest BCUT2D eigenvalue weighted by atomic mass is 10.0. The van der Waals surface area contributed by atoms with Crippen molar-refractivity contribution in [2.45, 2.75) is 6.04 Å². The van der Waals surface area contributed by atoms with E-state index >= 15 is 0 Å². The predicted molar refractivity (Wildman–Crippen MR) is 58.0 cm³/mol. The van der Waals surface area contributed by atoms with Gasteiger partial charge in [0, 0.05) is 18.0 Å². The molecule has 1 unspecified atom stereocenters. The number of aromatic amines is 1. The number of aliphatic hydroxyl groups is 1. The Morgan fingerprint density at radius 2 is 2.20 bits per heavy atom. The van der Waals surface area contributed by atoms with Crippen molar-refractivity contribution in [3.8, 4) is 11.4 Å². The monoisotopic (exact) mass is 203 g/mol. The lowest BCUT2D eigenvalue weighted by Crippen LogP contribution is -2.15. The number of H-pyrrole nitrogens is 1. The van der Waals surface area contributed by atoms with Gasteiger partial charge < -0.3 is 15.8 Å². The SMILES string of the molecule is NC(CO)c1ccccc1-c1ncc[nH]1. The second-order valence-corrected chi connectivity index (χ2v) is 3.31.